The molecule has 2 amide bonds. The van der Waals surface area contributed by atoms with Crippen molar-refractivity contribution in [2.45, 2.75) is 76.9 Å². The zero-order chi connectivity index (χ0) is 28.3. The van der Waals surface area contributed by atoms with Gasteiger partial charge in [-0.05, 0) is 61.6 Å². The smallest absolute Gasteiger partial charge is 0.243 e. The number of benzene rings is 3. The quantitative estimate of drug-likeness (QED) is 0.225. The van der Waals surface area contributed by atoms with Crippen LogP contribution in [0.25, 0.3) is 0 Å². The van der Waals surface area contributed by atoms with Gasteiger partial charge in [0.15, 0.2) is 0 Å². The summed E-state index contributed by atoms with van der Waals surface area (Å²) in [7, 11) is 0. The summed E-state index contributed by atoms with van der Waals surface area (Å²) in [4.78, 5) is 29.4. The van der Waals surface area contributed by atoms with Crippen molar-refractivity contribution >= 4 is 35.0 Å². The van der Waals surface area contributed by atoms with Gasteiger partial charge >= 0.3 is 0 Å². The molecule has 0 bridgehead atoms. The molecule has 1 aliphatic carbocycles. The number of nitrogens with zero attached hydrogens (tertiary/aromatic N) is 1. The van der Waals surface area contributed by atoms with Crippen molar-refractivity contribution < 1.29 is 14.3 Å². The molecule has 0 aliphatic heterocycles. The average molecular weight is 582 g/mol. The Labute approximate surface area is 247 Å². The number of nitrogens with one attached hydrogen (secondary N) is 1. The maximum absolute atomic E-state index is 13.8. The minimum Gasteiger partial charge on any atom is -0.494 e. The van der Waals surface area contributed by atoms with Crippen molar-refractivity contribution in [1.82, 2.24) is 10.2 Å². The number of amides is 2. The summed E-state index contributed by atoms with van der Waals surface area (Å²) in [6.07, 6.45) is 6.59. The van der Waals surface area contributed by atoms with E-state index in [2.05, 4.69) is 5.32 Å². The molecule has 3 aromatic carbocycles. The van der Waals surface area contributed by atoms with Crippen molar-refractivity contribution in [3.05, 3.63) is 99.5 Å². The van der Waals surface area contributed by atoms with Crippen LogP contribution in [-0.2, 0) is 22.6 Å². The highest BCUT2D eigenvalue weighted by atomic mass is 35.5. The van der Waals surface area contributed by atoms with Crippen LogP contribution < -0.4 is 10.1 Å². The number of rotatable bonds is 12. The van der Waals surface area contributed by atoms with Crippen LogP contribution in [0.4, 0.5) is 0 Å². The summed E-state index contributed by atoms with van der Waals surface area (Å²) < 4.78 is 5.86. The molecule has 0 radical (unpaired) electrons. The number of carbonyl (C=O) groups is 2. The first-order valence-electron chi connectivity index (χ1n) is 14.2. The lowest BCUT2D eigenvalue weighted by Crippen LogP contribution is -2.52. The van der Waals surface area contributed by atoms with E-state index in [9.17, 15) is 9.59 Å². The maximum Gasteiger partial charge on any atom is 0.243 e. The number of carbonyl (C=O) groups excluding carboxylic acids is 2. The minimum atomic E-state index is -0.663. The lowest BCUT2D eigenvalue weighted by molar-refractivity contribution is -0.141. The molecule has 1 saturated carbocycles. The van der Waals surface area contributed by atoms with E-state index < -0.39 is 6.04 Å². The fourth-order valence-corrected chi connectivity index (χ4v) is 5.45. The van der Waals surface area contributed by atoms with Gasteiger partial charge in [-0.25, -0.2) is 0 Å². The van der Waals surface area contributed by atoms with E-state index in [-0.39, 0.29) is 30.8 Å². The molecule has 0 spiro atoms. The summed E-state index contributed by atoms with van der Waals surface area (Å²) in [6.45, 7) is 2.69. The van der Waals surface area contributed by atoms with E-state index in [1.807, 2.05) is 67.6 Å². The highest BCUT2D eigenvalue weighted by Crippen LogP contribution is 2.25. The number of aryl methyl sites for hydroxylation is 1. The Hall–Kier alpha value is -3.02. The van der Waals surface area contributed by atoms with Crippen molar-refractivity contribution in [3.8, 4) is 5.75 Å². The molecule has 1 aliphatic rings. The van der Waals surface area contributed by atoms with Crippen LogP contribution in [-0.4, -0.2) is 35.4 Å². The fourth-order valence-electron chi connectivity index (χ4n) is 5.12. The molecule has 212 valence electrons. The van der Waals surface area contributed by atoms with Gasteiger partial charge in [-0.3, -0.25) is 9.59 Å². The Kier molecular flexibility index (Phi) is 11.3. The Morgan fingerprint density at radius 2 is 1.65 bits per heavy atom. The topological polar surface area (TPSA) is 58.6 Å². The van der Waals surface area contributed by atoms with Crippen molar-refractivity contribution in [2.24, 2.45) is 0 Å². The molecular formula is C33H38Cl2N2O3. The third-order valence-corrected chi connectivity index (χ3v) is 8.12. The summed E-state index contributed by atoms with van der Waals surface area (Å²) in [5, 5.41) is 4.14. The third-order valence-electron chi connectivity index (χ3n) is 7.38. The van der Waals surface area contributed by atoms with Crippen molar-refractivity contribution in [1.29, 1.82) is 0 Å². The first kappa shape index (κ1) is 30.0. The van der Waals surface area contributed by atoms with E-state index in [1.54, 1.807) is 17.0 Å². The van der Waals surface area contributed by atoms with Crippen molar-refractivity contribution in [3.63, 3.8) is 0 Å². The largest absolute Gasteiger partial charge is 0.494 e. The van der Waals surface area contributed by atoms with Crippen LogP contribution in [0.3, 0.4) is 0 Å². The first-order chi connectivity index (χ1) is 19.4. The number of hydrogen-bond acceptors (Lipinski definition) is 3. The molecule has 0 heterocycles. The molecule has 0 aromatic heterocycles. The molecular weight excluding hydrogens is 543 g/mol. The maximum atomic E-state index is 13.8. The van der Waals surface area contributed by atoms with Crippen LogP contribution in [0, 0.1) is 6.92 Å². The van der Waals surface area contributed by atoms with Crippen LogP contribution >= 0.6 is 23.2 Å². The second-order valence-electron chi connectivity index (χ2n) is 10.6. The van der Waals surface area contributed by atoms with Gasteiger partial charge in [-0.1, -0.05) is 96.6 Å². The van der Waals surface area contributed by atoms with E-state index in [0.29, 0.717) is 29.5 Å². The molecule has 5 nitrogen and oxygen atoms in total. The van der Waals surface area contributed by atoms with Gasteiger partial charge < -0.3 is 15.0 Å². The van der Waals surface area contributed by atoms with Gasteiger partial charge in [0.05, 0.1) is 16.7 Å². The molecule has 1 N–H and O–H groups in total. The van der Waals surface area contributed by atoms with Crippen LogP contribution in [0.2, 0.25) is 10.0 Å². The van der Waals surface area contributed by atoms with E-state index >= 15 is 0 Å². The highest BCUT2D eigenvalue weighted by Gasteiger charge is 2.31. The average Bonchev–Trinajstić information content (AvgIpc) is 2.96. The Morgan fingerprint density at radius 1 is 0.925 bits per heavy atom. The molecule has 40 heavy (non-hydrogen) atoms. The SMILES string of the molecule is Cc1ccc(OCCCC(=O)N(Cc2ccc(Cl)c(Cl)c2)[C@H](Cc2ccccc2)C(=O)NC2CCCCC2)cc1. The Morgan fingerprint density at radius 3 is 2.35 bits per heavy atom. The van der Waals surface area contributed by atoms with Crippen LogP contribution in [0.1, 0.15) is 61.6 Å². The molecule has 0 saturated heterocycles. The standard InChI is InChI=1S/C33H38Cl2N2O3/c1-24-14-17-28(18-15-24)40-20-8-13-32(38)37(23-26-16-19-29(34)30(35)21-26)31(22-25-9-4-2-5-10-25)33(39)36-27-11-6-3-7-12-27/h2,4-5,9-10,14-19,21,27,31H,3,6-8,11-13,20,22-23H2,1H3,(H,36,39)/t31-/m1/s1. The van der Waals surface area contributed by atoms with Crippen LogP contribution in [0.15, 0.2) is 72.8 Å². The van der Waals surface area contributed by atoms with Gasteiger partial charge in [-0.2, -0.15) is 0 Å². The van der Waals surface area contributed by atoms with Gasteiger partial charge in [0, 0.05) is 25.4 Å². The van der Waals surface area contributed by atoms with Crippen molar-refractivity contribution in [2.75, 3.05) is 6.61 Å². The van der Waals surface area contributed by atoms with E-state index in [4.69, 9.17) is 27.9 Å². The van der Waals surface area contributed by atoms with E-state index in [0.717, 1.165) is 48.1 Å². The van der Waals surface area contributed by atoms with Gasteiger partial charge in [0.25, 0.3) is 0 Å². The molecule has 3 aromatic rings. The number of ether oxygens (including phenoxy) is 1. The molecule has 7 heteroatoms. The van der Waals surface area contributed by atoms with Crippen LogP contribution in [0.5, 0.6) is 5.75 Å². The predicted octanol–water partition coefficient (Wildman–Crippen LogP) is 7.55. The Bertz CT molecular complexity index is 1240. The molecule has 1 fully saturated rings. The number of halogens is 2. The van der Waals surface area contributed by atoms with Gasteiger partial charge in [0.1, 0.15) is 11.8 Å². The summed E-state index contributed by atoms with van der Waals surface area (Å²) in [5.41, 5.74) is 2.99. The van der Waals surface area contributed by atoms with Gasteiger partial charge in [-0.15, -0.1) is 0 Å². The zero-order valence-corrected chi connectivity index (χ0v) is 24.6. The number of hydrogen-bond donors (Lipinski definition) is 1. The first-order valence-corrected chi connectivity index (χ1v) is 14.9. The fraction of sp³-hybridized carbons (Fsp3) is 0.394. The molecule has 4 rings (SSSR count). The van der Waals surface area contributed by atoms with Gasteiger partial charge in [0.2, 0.25) is 11.8 Å². The third kappa shape index (κ3) is 9.00. The summed E-state index contributed by atoms with van der Waals surface area (Å²) in [6, 6.07) is 22.5. The normalized spacial score (nSPS) is 14.4. The summed E-state index contributed by atoms with van der Waals surface area (Å²) in [5.74, 6) is 0.567. The molecule has 1 atom stereocenters. The monoisotopic (exact) mass is 580 g/mol. The lowest BCUT2D eigenvalue weighted by Gasteiger charge is -2.33. The lowest BCUT2D eigenvalue weighted by atomic mass is 9.94. The van der Waals surface area contributed by atoms with E-state index in [1.165, 1.54) is 6.42 Å². The highest BCUT2D eigenvalue weighted by molar-refractivity contribution is 6.42. The summed E-state index contributed by atoms with van der Waals surface area (Å²) >= 11 is 12.5. The predicted molar refractivity (Wildman–Crippen MR) is 162 cm³/mol. The second kappa shape index (κ2) is 15.1. The minimum absolute atomic E-state index is 0.0988. The molecule has 0 unspecified atom stereocenters. The second-order valence-corrected chi connectivity index (χ2v) is 11.4. The zero-order valence-electron chi connectivity index (χ0n) is 23.1. The Balaban J connectivity index is 1.53.